The van der Waals surface area contributed by atoms with Gasteiger partial charge in [-0.1, -0.05) is 12.1 Å². The van der Waals surface area contributed by atoms with E-state index in [4.69, 9.17) is 0 Å². The predicted molar refractivity (Wildman–Crippen MR) is 85.5 cm³/mol. The van der Waals surface area contributed by atoms with E-state index in [1.54, 1.807) is 18.3 Å². The third-order valence-corrected chi connectivity index (χ3v) is 4.84. The lowest BCUT2D eigenvalue weighted by Gasteiger charge is -2.25. The third kappa shape index (κ3) is 2.71. The molecule has 0 radical (unpaired) electrons. The van der Waals surface area contributed by atoms with E-state index < -0.39 is 11.6 Å². The van der Waals surface area contributed by atoms with Crippen LogP contribution in [0.25, 0.3) is 10.2 Å². The molecule has 0 aliphatic carbocycles. The molecule has 0 spiro atoms. The van der Waals surface area contributed by atoms with Crippen molar-refractivity contribution in [2.24, 2.45) is 0 Å². The van der Waals surface area contributed by atoms with Crippen molar-refractivity contribution in [2.45, 2.75) is 32.4 Å². The highest BCUT2D eigenvalue weighted by Gasteiger charge is 2.29. The first-order valence-electron chi connectivity index (χ1n) is 6.99. The SMILES string of the molecule is CC(C(=O)NC(C)(C)c1nc2ccccc2s1)n1cncn1. The van der Waals surface area contributed by atoms with Crippen molar-refractivity contribution < 1.29 is 4.79 Å². The van der Waals surface area contributed by atoms with Crippen LogP contribution in [0.1, 0.15) is 31.8 Å². The summed E-state index contributed by atoms with van der Waals surface area (Å²) >= 11 is 1.59. The number of carbonyl (C=O) groups is 1. The first kappa shape index (κ1) is 14.6. The van der Waals surface area contributed by atoms with Crippen molar-refractivity contribution >= 4 is 27.5 Å². The molecule has 2 aromatic heterocycles. The molecule has 0 bridgehead atoms. The monoisotopic (exact) mass is 315 g/mol. The summed E-state index contributed by atoms with van der Waals surface area (Å²) in [4.78, 5) is 20.9. The van der Waals surface area contributed by atoms with Crippen molar-refractivity contribution in [3.05, 3.63) is 41.9 Å². The maximum Gasteiger partial charge on any atom is 0.245 e. The normalized spacial score (nSPS) is 13.2. The lowest BCUT2D eigenvalue weighted by atomic mass is 10.1. The number of nitrogens with zero attached hydrogens (tertiary/aromatic N) is 4. The number of para-hydroxylation sites is 1. The zero-order valence-electron chi connectivity index (χ0n) is 12.6. The first-order valence-corrected chi connectivity index (χ1v) is 7.81. The minimum absolute atomic E-state index is 0.116. The van der Waals surface area contributed by atoms with Gasteiger partial charge in [0.1, 0.15) is 23.7 Å². The van der Waals surface area contributed by atoms with E-state index in [1.165, 1.54) is 17.3 Å². The van der Waals surface area contributed by atoms with E-state index in [0.717, 1.165) is 15.2 Å². The van der Waals surface area contributed by atoms with E-state index in [-0.39, 0.29) is 5.91 Å². The molecular weight excluding hydrogens is 298 g/mol. The van der Waals surface area contributed by atoms with Crippen LogP contribution in [0.2, 0.25) is 0 Å². The van der Waals surface area contributed by atoms with Crippen LogP contribution >= 0.6 is 11.3 Å². The molecule has 7 heteroatoms. The zero-order valence-corrected chi connectivity index (χ0v) is 13.5. The van der Waals surface area contributed by atoms with Crippen molar-refractivity contribution in [2.75, 3.05) is 0 Å². The summed E-state index contributed by atoms with van der Waals surface area (Å²) in [5.41, 5.74) is 0.407. The maximum absolute atomic E-state index is 12.4. The topological polar surface area (TPSA) is 72.7 Å². The molecular formula is C15H17N5OS. The number of hydrogen-bond acceptors (Lipinski definition) is 5. The highest BCUT2D eigenvalue weighted by Crippen LogP contribution is 2.30. The Morgan fingerprint density at radius 2 is 2.14 bits per heavy atom. The van der Waals surface area contributed by atoms with Gasteiger partial charge in [-0.2, -0.15) is 5.10 Å². The Labute approximate surface area is 132 Å². The highest BCUT2D eigenvalue weighted by molar-refractivity contribution is 7.18. The van der Waals surface area contributed by atoms with E-state index >= 15 is 0 Å². The summed E-state index contributed by atoms with van der Waals surface area (Å²) in [6.07, 6.45) is 2.96. The van der Waals surface area contributed by atoms with E-state index in [1.807, 2.05) is 38.1 Å². The summed E-state index contributed by atoms with van der Waals surface area (Å²) < 4.78 is 2.65. The Bertz CT molecular complexity index is 760. The van der Waals surface area contributed by atoms with E-state index in [2.05, 4.69) is 20.4 Å². The molecule has 1 N–H and O–H groups in total. The molecule has 1 atom stereocenters. The number of rotatable bonds is 4. The predicted octanol–water partition coefficient (Wildman–Crippen LogP) is 2.50. The van der Waals surface area contributed by atoms with Crippen LogP contribution in [0.15, 0.2) is 36.9 Å². The number of aromatic nitrogens is 4. The molecule has 22 heavy (non-hydrogen) atoms. The minimum atomic E-state index is -0.546. The fourth-order valence-corrected chi connectivity index (χ4v) is 3.17. The van der Waals surface area contributed by atoms with Crippen LogP contribution in [0.5, 0.6) is 0 Å². The molecule has 6 nitrogen and oxygen atoms in total. The van der Waals surface area contributed by atoms with E-state index in [0.29, 0.717) is 0 Å². The number of benzene rings is 1. The van der Waals surface area contributed by atoms with Crippen LogP contribution in [0.3, 0.4) is 0 Å². The standard InChI is InChI=1S/C15H17N5OS/c1-10(20-9-16-8-17-20)13(21)19-15(2,3)14-18-11-6-4-5-7-12(11)22-14/h4-10H,1-3H3,(H,19,21). The largest absolute Gasteiger partial charge is 0.343 e. The number of thiazole rings is 1. The Morgan fingerprint density at radius 3 is 2.82 bits per heavy atom. The van der Waals surface area contributed by atoms with Gasteiger partial charge in [-0.05, 0) is 32.9 Å². The van der Waals surface area contributed by atoms with Gasteiger partial charge in [0.15, 0.2) is 0 Å². The fourth-order valence-electron chi connectivity index (χ4n) is 2.14. The van der Waals surface area contributed by atoms with Gasteiger partial charge < -0.3 is 5.32 Å². The summed E-state index contributed by atoms with van der Waals surface area (Å²) in [5, 5.41) is 7.93. The Hall–Kier alpha value is -2.28. The van der Waals surface area contributed by atoms with Crippen LogP contribution < -0.4 is 5.32 Å². The van der Waals surface area contributed by atoms with Gasteiger partial charge in [0, 0.05) is 0 Å². The smallest absolute Gasteiger partial charge is 0.245 e. The molecule has 0 aliphatic heterocycles. The summed E-state index contributed by atoms with van der Waals surface area (Å²) in [7, 11) is 0. The van der Waals surface area contributed by atoms with Crippen LogP contribution in [0.4, 0.5) is 0 Å². The van der Waals surface area contributed by atoms with Gasteiger partial charge in [-0.25, -0.2) is 14.6 Å². The fraction of sp³-hybridized carbons (Fsp3) is 0.333. The van der Waals surface area contributed by atoms with Crippen molar-refractivity contribution in [3.63, 3.8) is 0 Å². The number of hydrogen-bond donors (Lipinski definition) is 1. The second-order valence-corrected chi connectivity index (χ2v) is 6.68. The minimum Gasteiger partial charge on any atom is -0.343 e. The van der Waals surface area contributed by atoms with Crippen molar-refractivity contribution in [3.8, 4) is 0 Å². The Kier molecular flexibility index (Phi) is 3.66. The van der Waals surface area contributed by atoms with Gasteiger partial charge >= 0.3 is 0 Å². The lowest BCUT2D eigenvalue weighted by molar-refractivity contribution is -0.125. The van der Waals surface area contributed by atoms with E-state index in [9.17, 15) is 4.79 Å². The van der Waals surface area contributed by atoms with Crippen LogP contribution in [-0.2, 0) is 10.3 Å². The molecule has 114 valence electrons. The number of fused-ring (bicyclic) bond motifs is 1. The summed E-state index contributed by atoms with van der Waals surface area (Å²) in [6, 6.07) is 7.54. The number of nitrogens with one attached hydrogen (secondary N) is 1. The van der Waals surface area contributed by atoms with Gasteiger partial charge in [-0.15, -0.1) is 11.3 Å². The quantitative estimate of drug-likeness (QED) is 0.803. The molecule has 1 amide bonds. The second kappa shape index (κ2) is 5.49. The maximum atomic E-state index is 12.4. The molecule has 0 fully saturated rings. The van der Waals surface area contributed by atoms with Crippen molar-refractivity contribution in [1.29, 1.82) is 0 Å². The first-order chi connectivity index (χ1) is 10.5. The number of amides is 1. The average molecular weight is 315 g/mol. The number of carbonyl (C=O) groups excluding carboxylic acids is 1. The van der Waals surface area contributed by atoms with Gasteiger partial charge in [-0.3, -0.25) is 4.79 Å². The third-order valence-electron chi connectivity index (χ3n) is 3.48. The van der Waals surface area contributed by atoms with Gasteiger partial charge in [0.05, 0.1) is 15.8 Å². The van der Waals surface area contributed by atoms with Crippen LogP contribution in [-0.4, -0.2) is 25.7 Å². The molecule has 1 unspecified atom stereocenters. The molecule has 3 rings (SSSR count). The van der Waals surface area contributed by atoms with Crippen molar-refractivity contribution in [1.82, 2.24) is 25.1 Å². The molecule has 0 saturated carbocycles. The molecule has 1 aromatic carbocycles. The zero-order chi connectivity index (χ0) is 15.7. The summed E-state index contributed by atoms with van der Waals surface area (Å²) in [5.74, 6) is -0.116. The second-order valence-electron chi connectivity index (χ2n) is 5.65. The Balaban J connectivity index is 1.81. The van der Waals surface area contributed by atoms with Crippen LogP contribution in [0, 0.1) is 0 Å². The average Bonchev–Trinajstić information content (AvgIpc) is 3.15. The molecule has 0 aliphatic rings. The lowest BCUT2D eigenvalue weighted by Crippen LogP contribution is -2.44. The van der Waals surface area contributed by atoms with Gasteiger partial charge in [0.25, 0.3) is 0 Å². The highest BCUT2D eigenvalue weighted by atomic mass is 32.1. The molecule has 2 heterocycles. The molecule has 0 saturated heterocycles. The summed E-state index contributed by atoms with van der Waals surface area (Å²) in [6.45, 7) is 5.70. The van der Waals surface area contributed by atoms with Gasteiger partial charge in [0.2, 0.25) is 5.91 Å². The Morgan fingerprint density at radius 1 is 1.36 bits per heavy atom. The molecule has 3 aromatic rings.